The maximum Gasteiger partial charge on any atom is 0.338 e. The summed E-state index contributed by atoms with van der Waals surface area (Å²) in [5, 5.41) is 4.95. The van der Waals surface area contributed by atoms with Crippen molar-refractivity contribution in [2.24, 2.45) is 0 Å². The fourth-order valence-corrected chi connectivity index (χ4v) is 4.10. The number of nitrogens with zero attached hydrogens (tertiary/aromatic N) is 1. The molecule has 39 heavy (non-hydrogen) atoms. The first kappa shape index (κ1) is 27.8. The van der Waals surface area contributed by atoms with Gasteiger partial charge in [0.1, 0.15) is 16.5 Å². The van der Waals surface area contributed by atoms with E-state index in [1.54, 1.807) is 37.3 Å². The zero-order valence-electron chi connectivity index (χ0n) is 20.8. The molecule has 0 atom stereocenters. The summed E-state index contributed by atoms with van der Waals surface area (Å²) < 4.78 is 18.7. The fourth-order valence-electron chi connectivity index (χ4n) is 3.71. The third kappa shape index (κ3) is 5.94. The van der Waals surface area contributed by atoms with Crippen LogP contribution in [0.25, 0.3) is 0 Å². The van der Waals surface area contributed by atoms with Gasteiger partial charge in [0.05, 0.1) is 22.9 Å². The van der Waals surface area contributed by atoms with Crippen molar-refractivity contribution in [2.45, 2.75) is 20.3 Å². The Hall–Kier alpha value is -4.21. The molecule has 0 bridgehead atoms. The van der Waals surface area contributed by atoms with Crippen LogP contribution in [0.3, 0.4) is 0 Å². The molecule has 11 heteroatoms. The van der Waals surface area contributed by atoms with Crippen molar-refractivity contribution >= 4 is 64.0 Å². The number of amides is 3. The molecular formula is C28H22Cl2FN3O5. The normalized spacial score (nSPS) is 13.1. The third-order valence-electron chi connectivity index (χ3n) is 5.74. The highest BCUT2D eigenvalue weighted by atomic mass is 35.5. The topological polar surface area (TPSA) is 105 Å². The number of imide groups is 1. The van der Waals surface area contributed by atoms with Gasteiger partial charge in [0.25, 0.3) is 17.7 Å². The van der Waals surface area contributed by atoms with Gasteiger partial charge in [-0.2, -0.15) is 0 Å². The van der Waals surface area contributed by atoms with Crippen molar-refractivity contribution < 1.29 is 28.3 Å². The second kappa shape index (κ2) is 11.7. The van der Waals surface area contributed by atoms with E-state index in [0.29, 0.717) is 35.5 Å². The van der Waals surface area contributed by atoms with Crippen molar-refractivity contribution in [3.8, 4) is 0 Å². The Morgan fingerprint density at radius 1 is 0.974 bits per heavy atom. The van der Waals surface area contributed by atoms with E-state index in [2.05, 4.69) is 10.6 Å². The number of anilines is 3. The number of carbonyl (C=O) groups is 4. The number of rotatable bonds is 8. The minimum absolute atomic E-state index is 0.0528. The van der Waals surface area contributed by atoms with Crippen molar-refractivity contribution in [3.63, 3.8) is 0 Å². The lowest BCUT2D eigenvalue weighted by atomic mass is 10.1. The minimum Gasteiger partial charge on any atom is -0.462 e. The Morgan fingerprint density at radius 2 is 1.74 bits per heavy atom. The van der Waals surface area contributed by atoms with Crippen molar-refractivity contribution in [2.75, 3.05) is 22.1 Å². The molecule has 3 aromatic carbocycles. The molecule has 1 aliphatic heterocycles. The first-order valence-electron chi connectivity index (χ1n) is 11.8. The number of carbonyl (C=O) groups excluding carboxylic acids is 4. The van der Waals surface area contributed by atoms with E-state index in [-0.39, 0.29) is 27.0 Å². The molecule has 4 rings (SSSR count). The summed E-state index contributed by atoms with van der Waals surface area (Å²) in [6.07, 6.45) is 0.687. The van der Waals surface area contributed by atoms with Gasteiger partial charge in [-0.05, 0) is 67.4 Å². The number of nitrogens with one attached hydrogen (secondary N) is 2. The van der Waals surface area contributed by atoms with Gasteiger partial charge in [0, 0.05) is 16.9 Å². The van der Waals surface area contributed by atoms with E-state index in [0.717, 1.165) is 17.0 Å². The van der Waals surface area contributed by atoms with Crippen molar-refractivity contribution in [1.29, 1.82) is 0 Å². The van der Waals surface area contributed by atoms with Crippen molar-refractivity contribution in [3.05, 3.63) is 98.9 Å². The van der Waals surface area contributed by atoms with Crippen LogP contribution in [-0.4, -0.2) is 30.3 Å². The van der Waals surface area contributed by atoms with E-state index in [1.807, 2.05) is 6.92 Å². The Bertz CT molecular complexity index is 1540. The number of benzene rings is 3. The second-order valence-corrected chi connectivity index (χ2v) is 9.34. The van der Waals surface area contributed by atoms with Gasteiger partial charge in [0.2, 0.25) is 0 Å². The lowest BCUT2D eigenvalue weighted by molar-refractivity contribution is -0.120. The SMILES string of the molecule is CCCOC(=O)c1cccc(NC(=O)c2ccc(C)c(NC3=C(Cl)C(=O)N(c4ccc(F)c(Cl)c4)C3=O)c2)c1. The number of aryl methyl sites for hydroxylation is 1. The number of halogens is 3. The van der Waals surface area contributed by atoms with E-state index in [9.17, 15) is 23.6 Å². The quantitative estimate of drug-likeness (QED) is 0.253. The summed E-state index contributed by atoms with van der Waals surface area (Å²) in [7, 11) is 0. The summed E-state index contributed by atoms with van der Waals surface area (Å²) in [4.78, 5) is 51.8. The third-order valence-corrected chi connectivity index (χ3v) is 6.38. The molecule has 3 aromatic rings. The molecule has 0 saturated carbocycles. The maximum atomic E-state index is 13.6. The van der Waals surface area contributed by atoms with Crippen LogP contribution in [0, 0.1) is 12.7 Å². The van der Waals surface area contributed by atoms with E-state index < -0.39 is 29.5 Å². The number of hydrogen-bond acceptors (Lipinski definition) is 6. The summed E-state index contributed by atoms with van der Waals surface area (Å²) in [6, 6.07) is 14.5. The summed E-state index contributed by atoms with van der Waals surface area (Å²) in [5.74, 6) is -3.25. The van der Waals surface area contributed by atoms with Crippen LogP contribution in [0.15, 0.2) is 71.4 Å². The molecule has 0 aromatic heterocycles. The molecule has 1 heterocycles. The van der Waals surface area contributed by atoms with Crippen LogP contribution in [0.4, 0.5) is 21.5 Å². The zero-order valence-corrected chi connectivity index (χ0v) is 22.3. The molecular weight excluding hydrogens is 548 g/mol. The number of esters is 1. The number of hydrogen-bond donors (Lipinski definition) is 2. The lowest BCUT2D eigenvalue weighted by Gasteiger charge is -2.16. The van der Waals surface area contributed by atoms with Crippen LogP contribution in [0.1, 0.15) is 39.6 Å². The monoisotopic (exact) mass is 569 g/mol. The Balaban J connectivity index is 1.53. The van der Waals surface area contributed by atoms with Gasteiger partial charge in [0.15, 0.2) is 0 Å². The Labute approximate surface area is 233 Å². The molecule has 0 spiro atoms. The first-order valence-corrected chi connectivity index (χ1v) is 12.6. The lowest BCUT2D eigenvalue weighted by Crippen LogP contribution is -2.32. The smallest absolute Gasteiger partial charge is 0.338 e. The summed E-state index contributed by atoms with van der Waals surface area (Å²) >= 11 is 12.0. The standard InChI is InChI=1S/C28H22Cl2FN3O5/c1-3-11-39-28(38)17-5-4-6-18(12-17)32-25(35)16-8-7-15(2)22(13-16)33-24-23(30)26(36)34(27(24)37)19-9-10-21(31)20(29)14-19/h4-10,12-14,33H,3,11H2,1-2H3,(H,32,35). The van der Waals surface area contributed by atoms with Gasteiger partial charge < -0.3 is 15.4 Å². The molecule has 0 aliphatic carbocycles. The molecule has 2 N–H and O–H groups in total. The molecule has 0 saturated heterocycles. The molecule has 200 valence electrons. The number of ether oxygens (including phenoxy) is 1. The summed E-state index contributed by atoms with van der Waals surface area (Å²) in [6.45, 7) is 3.91. The van der Waals surface area contributed by atoms with Crippen LogP contribution >= 0.6 is 23.2 Å². The van der Waals surface area contributed by atoms with Gasteiger partial charge in [-0.15, -0.1) is 0 Å². The average molecular weight is 570 g/mol. The molecule has 3 amide bonds. The molecule has 0 radical (unpaired) electrons. The van der Waals surface area contributed by atoms with Gasteiger partial charge >= 0.3 is 5.97 Å². The molecule has 0 unspecified atom stereocenters. The average Bonchev–Trinajstić information content (AvgIpc) is 3.13. The van der Waals surface area contributed by atoms with Crippen LogP contribution in [-0.2, 0) is 14.3 Å². The summed E-state index contributed by atoms with van der Waals surface area (Å²) in [5.41, 5.74) is 1.78. The predicted octanol–water partition coefficient (Wildman–Crippen LogP) is 6.04. The van der Waals surface area contributed by atoms with Crippen LogP contribution in [0.2, 0.25) is 5.02 Å². The van der Waals surface area contributed by atoms with E-state index >= 15 is 0 Å². The highest BCUT2D eigenvalue weighted by Gasteiger charge is 2.39. The Morgan fingerprint density at radius 3 is 2.46 bits per heavy atom. The van der Waals surface area contributed by atoms with E-state index in [1.165, 1.54) is 18.2 Å². The van der Waals surface area contributed by atoms with E-state index in [4.69, 9.17) is 27.9 Å². The van der Waals surface area contributed by atoms with Crippen LogP contribution in [0.5, 0.6) is 0 Å². The minimum atomic E-state index is -0.810. The zero-order chi connectivity index (χ0) is 28.3. The fraction of sp³-hybridized carbons (Fsp3) is 0.143. The van der Waals surface area contributed by atoms with Gasteiger partial charge in [-0.3, -0.25) is 14.4 Å². The molecule has 0 fully saturated rings. The van der Waals surface area contributed by atoms with Crippen molar-refractivity contribution in [1.82, 2.24) is 0 Å². The largest absolute Gasteiger partial charge is 0.462 e. The Kier molecular flexibility index (Phi) is 8.32. The predicted molar refractivity (Wildman–Crippen MR) is 147 cm³/mol. The van der Waals surface area contributed by atoms with Crippen LogP contribution < -0.4 is 15.5 Å². The first-order chi connectivity index (χ1) is 18.6. The van der Waals surface area contributed by atoms with Gasteiger partial charge in [-0.25, -0.2) is 14.1 Å². The molecule has 8 nitrogen and oxygen atoms in total. The highest BCUT2D eigenvalue weighted by molar-refractivity contribution is 6.53. The maximum absolute atomic E-state index is 13.6. The van der Waals surface area contributed by atoms with Gasteiger partial charge in [-0.1, -0.05) is 42.3 Å². The molecule has 1 aliphatic rings. The second-order valence-electron chi connectivity index (χ2n) is 8.56. The highest BCUT2D eigenvalue weighted by Crippen LogP contribution is 2.33.